The average molecular weight is 315 g/mol. The summed E-state index contributed by atoms with van der Waals surface area (Å²) < 4.78 is 26.6. The number of rotatable bonds is 3. The molecule has 2 amide bonds. The molecule has 0 radical (unpaired) electrons. The van der Waals surface area contributed by atoms with Crippen molar-refractivity contribution in [2.45, 2.75) is 13.8 Å². The Bertz CT molecular complexity index is 617. The minimum atomic E-state index is -3.17. The molecule has 1 aliphatic rings. The van der Waals surface area contributed by atoms with E-state index in [0.717, 1.165) is 5.69 Å². The summed E-state index contributed by atoms with van der Waals surface area (Å²) in [4.78, 5) is 13.8. The highest BCUT2D eigenvalue weighted by atomic mass is 32.2. The molecule has 118 valence electrons. The molecule has 0 aliphatic carbocycles. The normalized spacial score (nSPS) is 17.0. The number of nitrogens with one attached hydrogen (secondary N) is 1. The lowest BCUT2D eigenvalue weighted by Gasteiger charge is -2.33. The first kappa shape index (κ1) is 15.8. The zero-order valence-electron chi connectivity index (χ0n) is 12.5. The molecule has 0 bridgehead atoms. The third-order valence-corrected chi connectivity index (χ3v) is 5.40. The fourth-order valence-electron chi connectivity index (χ4n) is 2.27. The molecular formula is C12H21N5O3S. The molecule has 0 atom stereocenters. The van der Waals surface area contributed by atoms with Gasteiger partial charge in [-0.2, -0.15) is 9.40 Å². The highest BCUT2D eigenvalue weighted by Crippen LogP contribution is 2.12. The first-order chi connectivity index (χ1) is 9.83. The Labute approximate surface area is 124 Å². The number of urea groups is 1. The van der Waals surface area contributed by atoms with Crippen LogP contribution in [0.4, 0.5) is 10.6 Å². The Hall–Kier alpha value is -1.61. The van der Waals surface area contributed by atoms with E-state index < -0.39 is 10.0 Å². The predicted molar refractivity (Wildman–Crippen MR) is 79.6 cm³/mol. The smallest absolute Gasteiger partial charge is 0.322 e. The molecule has 1 N–H and O–H groups in total. The molecule has 0 unspecified atom stereocenters. The van der Waals surface area contributed by atoms with Crippen LogP contribution in [0.3, 0.4) is 0 Å². The molecule has 2 rings (SSSR count). The molecule has 1 fully saturated rings. The van der Waals surface area contributed by atoms with Gasteiger partial charge in [0.1, 0.15) is 5.82 Å². The van der Waals surface area contributed by atoms with Crippen molar-refractivity contribution in [2.75, 3.05) is 37.2 Å². The van der Waals surface area contributed by atoms with Crippen LogP contribution in [0.5, 0.6) is 0 Å². The molecule has 1 saturated heterocycles. The van der Waals surface area contributed by atoms with E-state index in [4.69, 9.17) is 0 Å². The lowest BCUT2D eigenvalue weighted by molar-refractivity contribution is 0.184. The van der Waals surface area contributed by atoms with Crippen molar-refractivity contribution in [2.24, 2.45) is 7.05 Å². The van der Waals surface area contributed by atoms with E-state index in [2.05, 4.69) is 10.4 Å². The summed E-state index contributed by atoms with van der Waals surface area (Å²) in [6, 6.07) is 1.56. The molecule has 1 aromatic heterocycles. The van der Waals surface area contributed by atoms with Gasteiger partial charge in [-0.25, -0.2) is 13.2 Å². The predicted octanol–water partition coefficient (Wildman–Crippen LogP) is 0.228. The van der Waals surface area contributed by atoms with Crippen LogP contribution in [0.15, 0.2) is 6.07 Å². The quantitative estimate of drug-likeness (QED) is 0.865. The number of amides is 2. The van der Waals surface area contributed by atoms with Crippen molar-refractivity contribution in [1.82, 2.24) is 19.0 Å². The van der Waals surface area contributed by atoms with E-state index in [-0.39, 0.29) is 11.8 Å². The third-order valence-electron chi connectivity index (χ3n) is 3.52. The SMILES string of the molecule is CCS(=O)(=O)N1CCN(C(=O)Nc2cc(C)nn2C)CC1. The fourth-order valence-corrected chi connectivity index (χ4v) is 3.35. The summed E-state index contributed by atoms with van der Waals surface area (Å²) in [5, 5.41) is 6.95. The second-order valence-corrected chi connectivity index (χ2v) is 7.27. The van der Waals surface area contributed by atoms with Gasteiger partial charge in [0, 0.05) is 39.3 Å². The van der Waals surface area contributed by atoms with Gasteiger partial charge in [0.05, 0.1) is 11.4 Å². The van der Waals surface area contributed by atoms with E-state index in [9.17, 15) is 13.2 Å². The molecule has 0 aromatic carbocycles. The van der Waals surface area contributed by atoms with E-state index in [1.54, 1.807) is 29.6 Å². The van der Waals surface area contributed by atoms with Crippen LogP contribution in [-0.2, 0) is 17.1 Å². The summed E-state index contributed by atoms with van der Waals surface area (Å²) in [6.45, 7) is 4.94. The van der Waals surface area contributed by atoms with Crippen molar-refractivity contribution in [3.63, 3.8) is 0 Å². The first-order valence-electron chi connectivity index (χ1n) is 6.88. The van der Waals surface area contributed by atoms with Crippen LogP contribution >= 0.6 is 0 Å². The van der Waals surface area contributed by atoms with Gasteiger partial charge in [-0.15, -0.1) is 0 Å². The number of nitrogens with zero attached hydrogens (tertiary/aromatic N) is 4. The zero-order valence-corrected chi connectivity index (χ0v) is 13.4. The van der Waals surface area contributed by atoms with Crippen molar-refractivity contribution >= 4 is 21.9 Å². The van der Waals surface area contributed by atoms with Gasteiger partial charge in [0.2, 0.25) is 10.0 Å². The van der Waals surface area contributed by atoms with Crippen LogP contribution in [0.2, 0.25) is 0 Å². The monoisotopic (exact) mass is 315 g/mol. The number of hydrogen-bond acceptors (Lipinski definition) is 4. The Morgan fingerprint density at radius 2 is 1.95 bits per heavy atom. The molecule has 2 heterocycles. The number of carbonyl (C=O) groups excluding carboxylic acids is 1. The largest absolute Gasteiger partial charge is 0.323 e. The second-order valence-electron chi connectivity index (χ2n) is 5.01. The summed E-state index contributed by atoms with van der Waals surface area (Å²) in [5.41, 5.74) is 0.826. The lowest BCUT2D eigenvalue weighted by atomic mass is 10.4. The van der Waals surface area contributed by atoms with Crippen molar-refractivity contribution < 1.29 is 13.2 Å². The van der Waals surface area contributed by atoms with Gasteiger partial charge in [-0.3, -0.25) is 10.00 Å². The molecular weight excluding hydrogens is 294 g/mol. The van der Waals surface area contributed by atoms with E-state index in [1.807, 2.05) is 6.92 Å². The van der Waals surface area contributed by atoms with Gasteiger partial charge >= 0.3 is 6.03 Å². The van der Waals surface area contributed by atoms with Crippen LogP contribution < -0.4 is 5.32 Å². The number of aromatic nitrogens is 2. The van der Waals surface area contributed by atoms with Crippen LogP contribution in [0, 0.1) is 6.92 Å². The van der Waals surface area contributed by atoms with Crippen molar-refractivity contribution in [3.8, 4) is 0 Å². The van der Waals surface area contributed by atoms with E-state index >= 15 is 0 Å². The molecule has 0 saturated carbocycles. The van der Waals surface area contributed by atoms with Crippen molar-refractivity contribution in [3.05, 3.63) is 11.8 Å². The maximum atomic E-state index is 12.2. The van der Waals surface area contributed by atoms with Crippen LogP contribution in [0.1, 0.15) is 12.6 Å². The zero-order chi connectivity index (χ0) is 15.6. The van der Waals surface area contributed by atoms with Gasteiger partial charge in [0.25, 0.3) is 0 Å². The van der Waals surface area contributed by atoms with Gasteiger partial charge in [-0.1, -0.05) is 0 Å². The third kappa shape index (κ3) is 3.53. The number of anilines is 1. The summed E-state index contributed by atoms with van der Waals surface area (Å²) in [5.74, 6) is 0.717. The molecule has 0 spiro atoms. The minimum absolute atomic E-state index is 0.0908. The van der Waals surface area contributed by atoms with Gasteiger partial charge in [-0.05, 0) is 13.8 Å². The Morgan fingerprint density at radius 3 is 2.43 bits per heavy atom. The van der Waals surface area contributed by atoms with Crippen molar-refractivity contribution in [1.29, 1.82) is 0 Å². The standard InChI is InChI=1S/C12H21N5O3S/c1-4-21(19,20)17-7-5-16(6-8-17)12(18)13-11-9-10(2)14-15(11)3/h9H,4-8H2,1-3H3,(H,13,18). The molecule has 8 nitrogen and oxygen atoms in total. The summed E-state index contributed by atoms with van der Waals surface area (Å²) in [7, 11) is -1.41. The molecule has 21 heavy (non-hydrogen) atoms. The summed E-state index contributed by atoms with van der Waals surface area (Å²) in [6.07, 6.45) is 0. The fraction of sp³-hybridized carbons (Fsp3) is 0.667. The maximum Gasteiger partial charge on any atom is 0.323 e. The molecule has 9 heteroatoms. The number of hydrogen-bond donors (Lipinski definition) is 1. The second kappa shape index (κ2) is 6.02. The average Bonchev–Trinajstić information content (AvgIpc) is 2.77. The number of piperazine rings is 1. The number of aryl methyl sites for hydroxylation is 2. The first-order valence-corrected chi connectivity index (χ1v) is 8.49. The maximum absolute atomic E-state index is 12.2. The van der Waals surface area contributed by atoms with Crippen LogP contribution in [-0.4, -0.2) is 65.4 Å². The Kier molecular flexibility index (Phi) is 4.52. The van der Waals surface area contributed by atoms with Gasteiger partial charge < -0.3 is 4.90 Å². The highest BCUT2D eigenvalue weighted by molar-refractivity contribution is 7.89. The molecule has 1 aliphatic heterocycles. The van der Waals surface area contributed by atoms with E-state index in [0.29, 0.717) is 32.0 Å². The van der Waals surface area contributed by atoms with E-state index in [1.165, 1.54) is 4.31 Å². The topological polar surface area (TPSA) is 87.5 Å². The summed E-state index contributed by atoms with van der Waals surface area (Å²) >= 11 is 0. The number of sulfonamides is 1. The Morgan fingerprint density at radius 1 is 1.33 bits per heavy atom. The minimum Gasteiger partial charge on any atom is -0.322 e. The number of carbonyl (C=O) groups is 1. The Balaban J connectivity index is 1.93. The lowest BCUT2D eigenvalue weighted by Crippen LogP contribution is -2.52. The highest BCUT2D eigenvalue weighted by Gasteiger charge is 2.27. The van der Waals surface area contributed by atoms with Crippen LogP contribution in [0.25, 0.3) is 0 Å². The van der Waals surface area contributed by atoms with Gasteiger partial charge in [0.15, 0.2) is 0 Å². The molecule has 1 aromatic rings.